The summed E-state index contributed by atoms with van der Waals surface area (Å²) in [7, 11) is -3.00. The maximum absolute atomic E-state index is 13.2. The number of benzene rings is 2. The van der Waals surface area contributed by atoms with Crippen LogP contribution in [0, 0.1) is 0 Å². The van der Waals surface area contributed by atoms with E-state index in [2.05, 4.69) is 15.0 Å². The van der Waals surface area contributed by atoms with Crippen LogP contribution < -0.4 is 14.2 Å². The molecular formula is C21H18N4O7S. The zero-order valence-electron chi connectivity index (χ0n) is 17.3. The highest BCUT2D eigenvalue weighted by Gasteiger charge is 2.29. The lowest BCUT2D eigenvalue weighted by atomic mass is 10.0. The quantitative estimate of drug-likeness (QED) is 0.416. The monoisotopic (exact) mass is 470 g/mol. The number of methoxy groups -OCH3 is 1. The summed E-state index contributed by atoms with van der Waals surface area (Å²) in [5, 5.41) is 17.9. The van der Waals surface area contributed by atoms with Crippen molar-refractivity contribution in [2.75, 3.05) is 18.4 Å². The first kappa shape index (κ1) is 20.8. The number of sulfonamides is 1. The molecular weight excluding hydrogens is 452 g/mol. The summed E-state index contributed by atoms with van der Waals surface area (Å²) < 4.78 is 46.7. The molecule has 4 aromatic rings. The molecule has 12 heteroatoms. The fraction of sp³-hybridized carbons (Fsp3) is 0.190. The van der Waals surface area contributed by atoms with Gasteiger partial charge in [0.15, 0.2) is 11.4 Å². The second kappa shape index (κ2) is 7.81. The lowest BCUT2D eigenvalue weighted by molar-refractivity contribution is 0.0692. The molecule has 0 unspecified atom stereocenters. The number of aromatic nitrogens is 3. The molecule has 0 spiro atoms. The Kier molecular flexibility index (Phi) is 4.93. The van der Waals surface area contributed by atoms with Gasteiger partial charge < -0.3 is 19.1 Å². The second-order valence-corrected chi connectivity index (χ2v) is 8.97. The van der Waals surface area contributed by atoms with E-state index in [4.69, 9.17) is 14.0 Å². The Balaban J connectivity index is 1.58. The van der Waals surface area contributed by atoms with Crippen molar-refractivity contribution in [1.29, 1.82) is 0 Å². The van der Waals surface area contributed by atoms with Gasteiger partial charge >= 0.3 is 5.97 Å². The number of hydrogen-bond acceptors (Lipinski definition) is 8. The molecule has 0 saturated carbocycles. The van der Waals surface area contributed by atoms with Crippen molar-refractivity contribution in [3.63, 3.8) is 0 Å². The van der Waals surface area contributed by atoms with E-state index in [0.29, 0.717) is 36.3 Å². The highest BCUT2D eigenvalue weighted by Crippen LogP contribution is 2.41. The molecule has 2 N–H and O–H groups in total. The highest BCUT2D eigenvalue weighted by atomic mass is 32.2. The third-order valence-electron chi connectivity index (χ3n) is 5.34. The van der Waals surface area contributed by atoms with Crippen molar-refractivity contribution < 1.29 is 32.3 Å². The van der Waals surface area contributed by atoms with E-state index in [-0.39, 0.29) is 11.6 Å². The Labute approximate surface area is 187 Å². The number of nitrogens with zero attached hydrogens (tertiary/aromatic N) is 3. The lowest BCUT2D eigenvalue weighted by Gasteiger charge is -2.11. The zero-order chi connectivity index (χ0) is 23.2. The van der Waals surface area contributed by atoms with Gasteiger partial charge in [-0.2, -0.15) is 5.10 Å². The molecule has 11 nitrogen and oxygen atoms in total. The number of aromatic carboxylic acids is 1. The van der Waals surface area contributed by atoms with Crippen molar-refractivity contribution in [1.82, 2.24) is 14.9 Å². The summed E-state index contributed by atoms with van der Waals surface area (Å²) in [6.07, 6.45) is 4.15. The molecule has 3 heterocycles. The summed E-state index contributed by atoms with van der Waals surface area (Å²) in [5.74, 6) is -0.806. The van der Waals surface area contributed by atoms with Crippen molar-refractivity contribution in [2.24, 2.45) is 0 Å². The largest absolute Gasteiger partial charge is 0.497 e. The fourth-order valence-electron chi connectivity index (χ4n) is 3.84. The van der Waals surface area contributed by atoms with Gasteiger partial charge in [-0.1, -0.05) is 5.16 Å². The molecule has 2 aromatic carbocycles. The average molecular weight is 470 g/mol. The molecule has 0 atom stereocenters. The number of fused-ring (bicyclic) bond motifs is 3. The van der Waals surface area contributed by atoms with Gasteiger partial charge in [-0.25, -0.2) is 13.2 Å². The number of ether oxygens (including phenoxy) is 2. The zero-order valence-corrected chi connectivity index (χ0v) is 18.1. The maximum atomic E-state index is 13.2. The Morgan fingerprint density at radius 2 is 2.18 bits per heavy atom. The van der Waals surface area contributed by atoms with Gasteiger partial charge in [0.1, 0.15) is 21.8 Å². The normalized spacial score (nSPS) is 13.0. The van der Waals surface area contributed by atoms with E-state index in [1.165, 1.54) is 19.2 Å². The van der Waals surface area contributed by atoms with Gasteiger partial charge in [0.25, 0.3) is 10.0 Å². The first-order valence-corrected chi connectivity index (χ1v) is 11.3. The summed E-state index contributed by atoms with van der Waals surface area (Å²) in [6.45, 7) is 0.916. The van der Waals surface area contributed by atoms with Crippen molar-refractivity contribution >= 4 is 32.8 Å². The van der Waals surface area contributed by atoms with Crippen molar-refractivity contribution in [3.05, 3.63) is 59.4 Å². The van der Waals surface area contributed by atoms with Crippen LogP contribution in [0.5, 0.6) is 11.5 Å². The van der Waals surface area contributed by atoms with Crippen LogP contribution in [0.3, 0.4) is 0 Å². The molecule has 33 heavy (non-hydrogen) atoms. The predicted octanol–water partition coefficient (Wildman–Crippen LogP) is 2.52. The molecule has 0 radical (unpaired) electrons. The molecule has 1 aliphatic rings. The maximum Gasteiger partial charge on any atom is 0.337 e. The van der Waals surface area contributed by atoms with Crippen LogP contribution in [0.15, 0.2) is 52.1 Å². The van der Waals surface area contributed by atoms with Gasteiger partial charge in [0, 0.05) is 30.4 Å². The minimum absolute atomic E-state index is 0.0899. The van der Waals surface area contributed by atoms with Crippen LogP contribution in [0.2, 0.25) is 0 Å². The number of carboxylic acid groups (broad SMARTS) is 1. The topological polar surface area (TPSA) is 146 Å². The number of carbonyl (C=O) groups is 1. The molecule has 170 valence electrons. The number of anilines is 1. The van der Waals surface area contributed by atoms with Crippen LogP contribution in [0.1, 0.15) is 21.5 Å². The standard InChI is InChI=1S/C21H18N4O7S/c1-30-13-3-4-15(21(26)27)17(10-13)33(28,29)24-20-18-16(32-23-20)9-12(11-25-7-2-6-22-25)14-5-8-31-19(14)18/h2-4,6-7,9-10H,5,8,11H2,1H3,(H,23,24)(H,26,27). The molecule has 0 saturated heterocycles. The Morgan fingerprint density at radius 1 is 1.33 bits per heavy atom. The third-order valence-corrected chi connectivity index (χ3v) is 6.72. The van der Waals surface area contributed by atoms with Crippen LogP contribution in [0.4, 0.5) is 5.82 Å². The Hall–Kier alpha value is -4.06. The smallest absolute Gasteiger partial charge is 0.337 e. The van der Waals surface area contributed by atoms with Crippen LogP contribution in [-0.2, 0) is 23.0 Å². The van der Waals surface area contributed by atoms with E-state index in [1.54, 1.807) is 16.9 Å². The number of carboxylic acids is 1. The van der Waals surface area contributed by atoms with Crippen molar-refractivity contribution in [3.8, 4) is 11.5 Å². The van der Waals surface area contributed by atoms with Crippen LogP contribution in [0.25, 0.3) is 11.0 Å². The molecule has 5 rings (SSSR count). The molecule has 1 aliphatic heterocycles. The van der Waals surface area contributed by atoms with Gasteiger partial charge in [0.05, 0.1) is 25.8 Å². The first-order chi connectivity index (χ1) is 15.9. The summed E-state index contributed by atoms with van der Waals surface area (Å²) in [4.78, 5) is 11.2. The second-order valence-electron chi connectivity index (χ2n) is 7.32. The van der Waals surface area contributed by atoms with E-state index < -0.39 is 26.5 Å². The first-order valence-electron chi connectivity index (χ1n) is 9.86. The SMILES string of the molecule is COc1ccc(C(=O)O)c(S(=O)(=O)Nc2noc3cc(Cn4cccn4)c4c(c23)OCC4)c1. The number of rotatable bonds is 7. The predicted molar refractivity (Wildman–Crippen MR) is 115 cm³/mol. The van der Waals surface area contributed by atoms with E-state index in [1.807, 2.05) is 12.3 Å². The minimum Gasteiger partial charge on any atom is -0.497 e. The van der Waals surface area contributed by atoms with Gasteiger partial charge in [-0.05, 0) is 29.8 Å². The van der Waals surface area contributed by atoms with Gasteiger partial charge in [0.2, 0.25) is 0 Å². The molecule has 0 amide bonds. The Morgan fingerprint density at radius 3 is 2.91 bits per heavy atom. The van der Waals surface area contributed by atoms with Crippen LogP contribution >= 0.6 is 0 Å². The molecule has 2 aromatic heterocycles. The number of hydrogen-bond donors (Lipinski definition) is 2. The van der Waals surface area contributed by atoms with Crippen molar-refractivity contribution in [2.45, 2.75) is 17.9 Å². The highest BCUT2D eigenvalue weighted by molar-refractivity contribution is 7.92. The van der Waals surface area contributed by atoms with Crippen LogP contribution in [-0.4, -0.2) is 48.1 Å². The third kappa shape index (κ3) is 3.63. The van der Waals surface area contributed by atoms with E-state index in [0.717, 1.165) is 17.2 Å². The number of nitrogens with one attached hydrogen (secondary N) is 1. The van der Waals surface area contributed by atoms with Gasteiger partial charge in [-0.3, -0.25) is 9.40 Å². The van der Waals surface area contributed by atoms with Gasteiger partial charge in [-0.15, -0.1) is 0 Å². The summed E-state index contributed by atoms with van der Waals surface area (Å²) in [5.41, 5.74) is 1.76. The molecule has 0 aliphatic carbocycles. The minimum atomic E-state index is -4.35. The van der Waals surface area contributed by atoms with E-state index >= 15 is 0 Å². The average Bonchev–Trinajstić information content (AvgIpc) is 3.54. The summed E-state index contributed by atoms with van der Waals surface area (Å²) in [6, 6.07) is 7.27. The lowest BCUT2D eigenvalue weighted by Crippen LogP contribution is -2.17. The van der Waals surface area contributed by atoms with E-state index in [9.17, 15) is 18.3 Å². The molecule has 0 bridgehead atoms. The molecule has 0 fully saturated rings. The Bertz CT molecular complexity index is 1480. The fourth-order valence-corrected chi connectivity index (χ4v) is 5.06. The summed E-state index contributed by atoms with van der Waals surface area (Å²) >= 11 is 0.